The number of sulfonamides is 1. The van der Waals surface area contributed by atoms with E-state index in [4.69, 9.17) is 11.6 Å². The van der Waals surface area contributed by atoms with Crippen molar-refractivity contribution >= 4 is 38.9 Å². The average Bonchev–Trinajstić information content (AvgIpc) is 3.10. The Morgan fingerprint density at radius 3 is 2.50 bits per heavy atom. The van der Waals surface area contributed by atoms with E-state index in [0.29, 0.717) is 0 Å². The molecule has 0 spiro atoms. The number of aromatic nitrogens is 2. The maximum atomic E-state index is 14.0. The number of anilines is 2. The molecular weight excluding hydrogens is 476 g/mol. The highest BCUT2D eigenvalue weighted by Crippen LogP contribution is 2.39. The molecule has 3 N–H and O–H groups in total. The van der Waals surface area contributed by atoms with E-state index in [1.54, 1.807) is 0 Å². The maximum Gasteiger partial charge on any atom is 0.402 e. The number of amides is 1. The number of benzene rings is 1. The van der Waals surface area contributed by atoms with Crippen LogP contribution < -0.4 is 10.0 Å². The number of nitrogens with one attached hydrogen (secondary N) is 3. The highest BCUT2D eigenvalue weighted by molar-refractivity contribution is 7.92. The van der Waals surface area contributed by atoms with Gasteiger partial charge in [-0.25, -0.2) is 12.8 Å². The molecule has 0 aliphatic carbocycles. The molecule has 1 unspecified atom stereocenters. The molecule has 0 aliphatic rings. The summed E-state index contributed by atoms with van der Waals surface area (Å²) in [4.78, 5) is 18.4. The third-order valence-electron chi connectivity index (χ3n) is 4.13. The third kappa shape index (κ3) is 5.77. The highest BCUT2D eigenvalue weighted by atomic mass is 35.5. The first-order valence-electron chi connectivity index (χ1n) is 8.78. The molecule has 1 aromatic carbocycles. The van der Waals surface area contributed by atoms with Crippen molar-refractivity contribution in [2.24, 2.45) is 0 Å². The van der Waals surface area contributed by atoms with Crippen molar-refractivity contribution in [1.29, 1.82) is 0 Å². The molecule has 3 aromatic rings. The van der Waals surface area contributed by atoms with Gasteiger partial charge >= 0.3 is 6.18 Å². The number of H-pyrrole nitrogens is 1. The lowest BCUT2D eigenvalue weighted by molar-refractivity contribution is -0.143. The molecule has 0 saturated carbocycles. The number of hydrogen-bond acceptors (Lipinski definition) is 4. The summed E-state index contributed by atoms with van der Waals surface area (Å²) in [6, 6.07) is 6.86. The molecular formula is C19H15ClF4N4O3S. The van der Waals surface area contributed by atoms with Crippen molar-refractivity contribution in [1.82, 2.24) is 9.97 Å². The summed E-state index contributed by atoms with van der Waals surface area (Å²) in [6.07, 6.45) is -1.89. The molecule has 0 saturated heterocycles. The van der Waals surface area contributed by atoms with Gasteiger partial charge in [0, 0.05) is 28.8 Å². The normalized spacial score (nSPS) is 12.9. The number of nitrogens with zero attached hydrogens (tertiary/aromatic N) is 1. The maximum absolute atomic E-state index is 14.0. The predicted molar refractivity (Wildman–Crippen MR) is 111 cm³/mol. The smallest absolute Gasteiger partial charge is 0.363 e. The summed E-state index contributed by atoms with van der Waals surface area (Å²) >= 11 is 5.93. The molecule has 1 amide bonds. The molecule has 0 bridgehead atoms. The van der Waals surface area contributed by atoms with Crippen molar-refractivity contribution in [3.63, 3.8) is 0 Å². The summed E-state index contributed by atoms with van der Waals surface area (Å²) in [7, 11) is -3.61. The monoisotopic (exact) mass is 490 g/mol. The Bertz CT molecular complexity index is 1260. The quantitative estimate of drug-likeness (QED) is 0.442. The van der Waals surface area contributed by atoms with E-state index < -0.39 is 45.2 Å². The fourth-order valence-corrected chi connectivity index (χ4v) is 3.72. The van der Waals surface area contributed by atoms with Gasteiger partial charge in [-0.1, -0.05) is 11.6 Å². The number of halogens is 5. The summed E-state index contributed by atoms with van der Waals surface area (Å²) in [6.45, 7) is 0. The SMILES string of the molecule is CS(=O)(=O)Nc1cc(Cl)cc(NC(=O)c2c[nH]c(C(c3ncccc3F)C(F)(F)F)c2)c1. The minimum absolute atomic E-state index is 0.0767. The first-order chi connectivity index (χ1) is 14.8. The summed E-state index contributed by atoms with van der Waals surface area (Å²) in [5, 5.41) is 2.52. The standard InChI is InChI=1S/C19H15ClF4N4O3S/c1-32(30,31)28-13-7-11(20)6-12(8-13)27-18(29)10-5-15(26-9-10)16(19(22,23)24)17-14(21)3-2-4-25-17/h2-9,16,26,28H,1H3,(H,27,29). The molecule has 3 rings (SSSR count). The molecule has 170 valence electrons. The Hall–Kier alpha value is -3.12. The molecule has 1 atom stereocenters. The fourth-order valence-electron chi connectivity index (χ4n) is 2.94. The third-order valence-corrected chi connectivity index (χ3v) is 4.95. The van der Waals surface area contributed by atoms with E-state index >= 15 is 0 Å². The zero-order valence-corrected chi connectivity index (χ0v) is 17.7. The van der Waals surface area contributed by atoms with E-state index in [1.165, 1.54) is 18.2 Å². The van der Waals surface area contributed by atoms with E-state index in [0.717, 1.165) is 36.8 Å². The van der Waals surface area contributed by atoms with E-state index in [-0.39, 0.29) is 22.0 Å². The zero-order chi connectivity index (χ0) is 23.7. The Labute approximate surface area is 184 Å². The van der Waals surface area contributed by atoms with Crippen molar-refractivity contribution < 1.29 is 30.8 Å². The van der Waals surface area contributed by atoms with Gasteiger partial charge in [-0.05, 0) is 36.4 Å². The fraction of sp³-hybridized carbons (Fsp3) is 0.158. The molecule has 0 fully saturated rings. The van der Waals surface area contributed by atoms with Crippen molar-refractivity contribution in [3.8, 4) is 0 Å². The number of pyridine rings is 1. The van der Waals surface area contributed by atoms with Crippen LogP contribution in [0.3, 0.4) is 0 Å². The summed E-state index contributed by atoms with van der Waals surface area (Å²) < 4.78 is 79.9. The first kappa shape index (κ1) is 23.5. The predicted octanol–water partition coefficient (Wildman–Crippen LogP) is 4.52. The van der Waals surface area contributed by atoms with Crippen LogP contribution in [0.25, 0.3) is 0 Å². The molecule has 0 radical (unpaired) electrons. The van der Waals surface area contributed by atoms with Crippen molar-refractivity contribution in [2.75, 3.05) is 16.3 Å². The second kappa shape index (κ2) is 8.79. The Morgan fingerprint density at radius 2 is 1.88 bits per heavy atom. The highest BCUT2D eigenvalue weighted by Gasteiger charge is 2.45. The molecule has 7 nitrogen and oxygen atoms in total. The second-order valence-electron chi connectivity index (χ2n) is 6.75. The first-order valence-corrected chi connectivity index (χ1v) is 11.1. The number of alkyl halides is 3. The molecule has 0 aliphatic heterocycles. The minimum atomic E-state index is -4.88. The van der Waals surface area contributed by atoms with E-state index in [1.807, 2.05) is 0 Å². The van der Waals surface area contributed by atoms with Gasteiger partial charge < -0.3 is 10.3 Å². The number of carbonyl (C=O) groups excluding carboxylic acids is 1. The summed E-state index contributed by atoms with van der Waals surface area (Å²) in [5.41, 5.74) is -1.32. The van der Waals surface area contributed by atoms with Crippen LogP contribution in [0.1, 0.15) is 27.7 Å². The van der Waals surface area contributed by atoms with Crippen LogP contribution >= 0.6 is 11.6 Å². The minimum Gasteiger partial charge on any atom is -0.363 e. The van der Waals surface area contributed by atoms with Gasteiger partial charge in [0.05, 0.1) is 23.2 Å². The van der Waals surface area contributed by atoms with E-state index in [2.05, 4.69) is 20.0 Å². The number of rotatable bonds is 6. The second-order valence-corrected chi connectivity index (χ2v) is 8.93. The largest absolute Gasteiger partial charge is 0.402 e. The topological polar surface area (TPSA) is 104 Å². The van der Waals surface area contributed by atoms with Gasteiger partial charge in [0.1, 0.15) is 11.7 Å². The Kier molecular flexibility index (Phi) is 6.46. The van der Waals surface area contributed by atoms with Crippen LogP contribution in [0.4, 0.5) is 28.9 Å². The molecule has 2 aromatic heterocycles. The zero-order valence-electron chi connectivity index (χ0n) is 16.2. The van der Waals surface area contributed by atoms with Crippen LogP contribution in [0.15, 0.2) is 48.8 Å². The lowest BCUT2D eigenvalue weighted by Gasteiger charge is -2.19. The molecule has 32 heavy (non-hydrogen) atoms. The van der Waals surface area contributed by atoms with Gasteiger partial charge in [0.2, 0.25) is 10.0 Å². The lowest BCUT2D eigenvalue weighted by Crippen LogP contribution is -2.24. The van der Waals surface area contributed by atoms with Crippen LogP contribution in [0.2, 0.25) is 5.02 Å². The van der Waals surface area contributed by atoms with Gasteiger partial charge in [-0.15, -0.1) is 0 Å². The van der Waals surface area contributed by atoms with Gasteiger partial charge in [-0.3, -0.25) is 14.5 Å². The van der Waals surface area contributed by atoms with Gasteiger partial charge in [0.15, 0.2) is 0 Å². The Morgan fingerprint density at radius 1 is 1.19 bits per heavy atom. The number of aromatic amines is 1. The molecule has 2 heterocycles. The van der Waals surface area contributed by atoms with Crippen LogP contribution in [-0.4, -0.2) is 36.7 Å². The Balaban J connectivity index is 1.88. The van der Waals surface area contributed by atoms with Crippen molar-refractivity contribution in [2.45, 2.75) is 12.1 Å². The van der Waals surface area contributed by atoms with E-state index in [9.17, 15) is 30.8 Å². The summed E-state index contributed by atoms with van der Waals surface area (Å²) in [5.74, 6) is -4.36. The van der Waals surface area contributed by atoms with Crippen LogP contribution in [0.5, 0.6) is 0 Å². The lowest BCUT2D eigenvalue weighted by atomic mass is 9.99. The van der Waals surface area contributed by atoms with Gasteiger partial charge in [-0.2, -0.15) is 13.2 Å². The van der Waals surface area contributed by atoms with Crippen molar-refractivity contribution in [3.05, 3.63) is 76.6 Å². The van der Waals surface area contributed by atoms with Gasteiger partial charge in [0.25, 0.3) is 5.91 Å². The van der Waals surface area contributed by atoms with Crippen LogP contribution in [0, 0.1) is 5.82 Å². The number of carbonyl (C=O) groups is 1. The number of hydrogen-bond donors (Lipinski definition) is 3. The van der Waals surface area contributed by atoms with Crippen LogP contribution in [-0.2, 0) is 10.0 Å². The average molecular weight is 491 g/mol. The molecule has 13 heteroatoms.